The number of alkyl halides is 2. The van der Waals surface area contributed by atoms with Gasteiger partial charge in [0.15, 0.2) is 11.5 Å². The first kappa shape index (κ1) is 27.9. The van der Waals surface area contributed by atoms with E-state index in [1.54, 1.807) is 6.92 Å². The van der Waals surface area contributed by atoms with Crippen LogP contribution >= 0.6 is 12.4 Å². The highest BCUT2D eigenvalue weighted by Gasteiger charge is 2.24. The van der Waals surface area contributed by atoms with Crippen LogP contribution in [-0.4, -0.2) is 35.2 Å². The van der Waals surface area contributed by atoms with Crippen LogP contribution in [0, 0.1) is 5.92 Å². The van der Waals surface area contributed by atoms with E-state index in [2.05, 4.69) is 15.0 Å². The molecule has 1 aliphatic rings. The third-order valence-corrected chi connectivity index (χ3v) is 5.53. The van der Waals surface area contributed by atoms with E-state index in [1.807, 2.05) is 0 Å². The molecule has 1 atom stereocenters. The van der Waals surface area contributed by atoms with Crippen LogP contribution in [0.4, 0.5) is 8.78 Å². The van der Waals surface area contributed by atoms with Crippen LogP contribution in [0.3, 0.4) is 0 Å². The second-order valence-corrected chi connectivity index (χ2v) is 8.48. The fourth-order valence-corrected chi connectivity index (χ4v) is 3.44. The Labute approximate surface area is 217 Å². The van der Waals surface area contributed by atoms with E-state index < -0.39 is 24.5 Å². The topological polar surface area (TPSA) is 137 Å². The van der Waals surface area contributed by atoms with Crippen LogP contribution in [-0.2, 0) is 6.54 Å². The highest BCUT2D eigenvalue weighted by molar-refractivity contribution is 5.95. The van der Waals surface area contributed by atoms with Crippen LogP contribution in [0.25, 0.3) is 11.5 Å². The first-order chi connectivity index (χ1) is 17.2. The number of halogens is 3. The van der Waals surface area contributed by atoms with Crippen molar-refractivity contribution in [1.29, 1.82) is 0 Å². The molecule has 1 heterocycles. The molecule has 0 bridgehead atoms. The number of ether oxygens (including phenoxy) is 2. The van der Waals surface area contributed by atoms with E-state index in [1.165, 1.54) is 42.5 Å². The molecule has 198 valence electrons. The van der Waals surface area contributed by atoms with E-state index in [4.69, 9.17) is 20.0 Å². The van der Waals surface area contributed by atoms with Gasteiger partial charge >= 0.3 is 12.6 Å². The van der Waals surface area contributed by atoms with Crippen LogP contribution in [0.1, 0.15) is 58.0 Å². The zero-order chi connectivity index (χ0) is 25.8. The summed E-state index contributed by atoms with van der Waals surface area (Å²) in [5.74, 6) is -0.535. The predicted molar refractivity (Wildman–Crippen MR) is 131 cm³/mol. The number of carboxylic acid groups (broad SMARTS) is 1. The Hall–Kier alpha value is -3.70. The number of aromatic carboxylic acids is 1. The largest absolute Gasteiger partial charge is 0.489 e. The Morgan fingerprint density at radius 1 is 1.16 bits per heavy atom. The number of hydrogen-bond acceptors (Lipinski definition) is 7. The maximum atomic E-state index is 12.8. The van der Waals surface area contributed by atoms with Crippen molar-refractivity contribution in [2.75, 3.05) is 6.61 Å². The lowest BCUT2D eigenvalue weighted by Crippen LogP contribution is -2.24. The molecule has 0 saturated heterocycles. The van der Waals surface area contributed by atoms with Gasteiger partial charge in [-0.25, -0.2) is 9.78 Å². The van der Waals surface area contributed by atoms with Crippen molar-refractivity contribution in [3.8, 4) is 23.0 Å². The molecule has 0 aliphatic heterocycles. The monoisotopic (exact) mass is 537 g/mol. The zero-order valence-electron chi connectivity index (χ0n) is 19.8. The molecule has 1 amide bonds. The van der Waals surface area contributed by atoms with Crippen molar-refractivity contribution in [1.82, 2.24) is 10.3 Å². The molecule has 2 aromatic carbocycles. The van der Waals surface area contributed by atoms with E-state index >= 15 is 0 Å². The minimum absolute atomic E-state index is 0. The van der Waals surface area contributed by atoms with Gasteiger partial charge in [0, 0.05) is 11.1 Å². The molecule has 0 radical (unpaired) electrons. The normalized spacial score (nSPS) is 13.5. The molecular weight excluding hydrogens is 512 g/mol. The van der Waals surface area contributed by atoms with Gasteiger partial charge in [-0.2, -0.15) is 8.78 Å². The molecule has 37 heavy (non-hydrogen) atoms. The quantitative estimate of drug-likeness (QED) is 0.317. The Bertz CT molecular complexity index is 1250. The van der Waals surface area contributed by atoms with Gasteiger partial charge in [0.25, 0.3) is 5.91 Å². The van der Waals surface area contributed by atoms with E-state index in [0.717, 1.165) is 12.8 Å². The van der Waals surface area contributed by atoms with Crippen molar-refractivity contribution < 1.29 is 37.4 Å². The molecule has 1 aliphatic carbocycles. The molecule has 4 rings (SSSR count). The van der Waals surface area contributed by atoms with Crippen molar-refractivity contribution in [2.45, 2.75) is 39.0 Å². The average molecular weight is 538 g/mol. The number of hydrogen-bond donors (Lipinski definition) is 3. The Kier molecular flexibility index (Phi) is 9.06. The number of carboxylic acids is 1. The molecular formula is C25H26ClF2N3O6. The Balaban J connectivity index is 0.00000380. The van der Waals surface area contributed by atoms with Gasteiger partial charge in [-0.3, -0.25) is 4.79 Å². The van der Waals surface area contributed by atoms with Gasteiger partial charge in [0.1, 0.15) is 11.5 Å². The van der Waals surface area contributed by atoms with Gasteiger partial charge < -0.3 is 30.0 Å². The first-order valence-corrected chi connectivity index (χ1v) is 11.3. The average Bonchev–Trinajstić information content (AvgIpc) is 3.58. The maximum absolute atomic E-state index is 12.8. The summed E-state index contributed by atoms with van der Waals surface area (Å²) in [6.07, 6.45) is 2.06. The number of rotatable bonds is 11. The van der Waals surface area contributed by atoms with Gasteiger partial charge in [0.05, 0.1) is 24.8 Å². The summed E-state index contributed by atoms with van der Waals surface area (Å²) in [4.78, 5) is 28.0. The summed E-state index contributed by atoms with van der Waals surface area (Å²) in [5, 5.41) is 11.7. The van der Waals surface area contributed by atoms with Gasteiger partial charge in [-0.1, -0.05) is 0 Å². The summed E-state index contributed by atoms with van der Waals surface area (Å²) < 4.78 is 41.8. The van der Waals surface area contributed by atoms with Crippen LogP contribution in [0.5, 0.6) is 11.5 Å². The molecule has 9 nitrogen and oxygen atoms in total. The highest BCUT2D eigenvalue weighted by atomic mass is 35.5. The SMILES string of the molecule is CC(N)c1oc(-c2ccc(OC(F)F)c(OCC3CC3)c2)nc1CNC(=O)c1ccc(C(=O)O)cc1.Cl. The standard InChI is InChI=1S/C25H25F2N3O6.ClH/c1-13(28)21-18(11-29-22(31)15-4-6-16(7-5-15)24(32)33)30-23(36-21)17-8-9-19(35-25(26)27)20(10-17)34-12-14-2-3-14;/h4-10,13-14,25H,2-3,11-12,28H2,1H3,(H,29,31)(H,32,33);1H. The third-order valence-electron chi connectivity index (χ3n) is 5.53. The number of carbonyl (C=O) groups excluding carboxylic acids is 1. The number of nitrogens with zero attached hydrogens (tertiary/aromatic N) is 1. The van der Waals surface area contributed by atoms with E-state index in [9.17, 15) is 18.4 Å². The third kappa shape index (κ3) is 7.17. The maximum Gasteiger partial charge on any atom is 0.387 e. The number of benzene rings is 2. The number of carbonyl (C=O) groups is 2. The fourth-order valence-electron chi connectivity index (χ4n) is 3.44. The lowest BCUT2D eigenvalue weighted by atomic mass is 10.1. The van der Waals surface area contributed by atoms with Crippen LogP contribution in [0.15, 0.2) is 46.9 Å². The summed E-state index contributed by atoms with van der Waals surface area (Å²) in [6, 6.07) is 9.35. The smallest absolute Gasteiger partial charge is 0.387 e. The zero-order valence-corrected chi connectivity index (χ0v) is 20.6. The Morgan fingerprint density at radius 3 is 2.43 bits per heavy atom. The minimum atomic E-state index is -3.00. The number of amides is 1. The number of nitrogens with two attached hydrogens (primary N) is 1. The number of oxazole rings is 1. The second-order valence-electron chi connectivity index (χ2n) is 8.48. The highest BCUT2D eigenvalue weighted by Crippen LogP contribution is 2.37. The summed E-state index contributed by atoms with van der Waals surface area (Å²) in [6.45, 7) is -0.910. The minimum Gasteiger partial charge on any atom is -0.489 e. The van der Waals surface area contributed by atoms with Crippen molar-refractivity contribution >= 4 is 24.3 Å². The predicted octanol–water partition coefficient (Wildman–Crippen LogP) is 4.80. The molecule has 0 spiro atoms. The molecule has 4 N–H and O–H groups in total. The summed E-state index contributed by atoms with van der Waals surface area (Å²) in [7, 11) is 0. The second kappa shape index (κ2) is 12.0. The van der Waals surface area contributed by atoms with Gasteiger partial charge in [-0.05, 0) is 68.1 Å². The van der Waals surface area contributed by atoms with Crippen molar-refractivity contribution in [3.63, 3.8) is 0 Å². The number of nitrogens with one attached hydrogen (secondary N) is 1. The molecule has 12 heteroatoms. The lowest BCUT2D eigenvalue weighted by Gasteiger charge is -2.12. The molecule has 1 fully saturated rings. The van der Waals surface area contributed by atoms with Gasteiger partial charge in [0.2, 0.25) is 5.89 Å². The first-order valence-electron chi connectivity index (χ1n) is 11.3. The molecule has 3 aromatic rings. The fraction of sp³-hybridized carbons (Fsp3) is 0.320. The van der Waals surface area contributed by atoms with E-state index in [0.29, 0.717) is 29.5 Å². The van der Waals surface area contributed by atoms with E-state index in [-0.39, 0.29) is 47.5 Å². The number of aromatic nitrogens is 1. The van der Waals surface area contributed by atoms with Crippen molar-refractivity contribution in [2.24, 2.45) is 11.7 Å². The van der Waals surface area contributed by atoms with Gasteiger partial charge in [-0.15, -0.1) is 12.4 Å². The van der Waals surface area contributed by atoms with Crippen LogP contribution < -0.4 is 20.5 Å². The molecule has 1 aromatic heterocycles. The summed E-state index contributed by atoms with van der Waals surface area (Å²) in [5.41, 5.74) is 7.23. The van der Waals surface area contributed by atoms with Crippen LogP contribution in [0.2, 0.25) is 0 Å². The Morgan fingerprint density at radius 2 is 1.84 bits per heavy atom. The van der Waals surface area contributed by atoms with Crippen molar-refractivity contribution in [3.05, 3.63) is 65.0 Å². The molecule has 1 unspecified atom stereocenters. The lowest BCUT2D eigenvalue weighted by molar-refractivity contribution is -0.0515. The summed E-state index contributed by atoms with van der Waals surface area (Å²) >= 11 is 0. The molecule has 1 saturated carbocycles.